The molecule has 0 aliphatic carbocycles. The summed E-state index contributed by atoms with van der Waals surface area (Å²) in [7, 11) is 1.62. The van der Waals surface area contributed by atoms with Crippen molar-refractivity contribution in [2.24, 2.45) is 0 Å². The number of pyridine rings is 1. The van der Waals surface area contributed by atoms with E-state index in [0.29, 0.717) is 11.8 Å². The molecule has 0 saturated carbocycles. The maximum atomic E-state index is 11.5. The van der Waals surface area contributed by atoms with E-state index in [0.717, 1.165) is 48.2 Å². The van der Waals surface area contributed by atoms with E-state index in [-0.39, 0.29) is 11.9 Å². The van der Waals surface area contributed by atoms with E-state index in [1.807, 2.05) is 46.1 Å². The summed E-state index contributed by atoms with van der Waals surface area (Å²) >= 11 is 0. The van der Waals surface area contributed by atoms with Gasteiger partial charge in [-0.2, -0.15) is 4.98 Å². The zero-order valence-corrected chi connectivity index (χ0v) is 16.9. The first kappa shape index (κ1) is 18.4. The van der Waals surface area contributed by atoms with Crippen molar-refractivity contribution in [2.45, 2.75) is 25.8 Å². The summed E-state index contributed by atoms with van der Waals surface area (Å²) in [6.45, 7) is 3.11. The molecule has 1 N–H and O–H groups in total. The molecule has 5 heterocycles. The summed E-state index contributed by atoms with van der Waals surface area (Å²) in [5.74, 6) is 1.16. The van der Waals surface area contributed by atoms with Crippen molar-refractivity contribution in [1.82, 2.24) is 28.9 Å². The maximum absolute atomic E-state index is 11.5. The van der Waals surface area contributed by atoms with Crippen LogP contribution in [0.2, 0.25) is 0 Å². The number of carbonyl (C=O) groups excluding carboxylic acids is 1. The molecule has 154 valence electrons. The van der Waals surface area contributed by atoms with Crippen molar-refractivity contribution < 1.29 is 9.53 Å². The summed E-state index contributed by atoms with van der Waals surface area (Å²) in [5.41, 5.74) is 3.73. The Kier molecular flexibility index (Phi) is 4.50. The van der Waals surface area contributed by atoms with E-state index in [1.54, 1.807) is 24.7 Å². The van der Waals surface area contributed by atoms with Gasteiger partial charge in [-0.1, -0.05) is 0 Å². The summed E-state index contributed by atoms with van der Waals surface area (Å²) < 4.78 is 9.39. The second-order valence-electron chi connectivity index (χ2n) is 7.50. The Morgan fingerprint density at radius 1 is 1.20 bits per heavy atom. The fraction of sp³-hybridized carbons (Fsp3) is 0.333. The van der Waals surface area contributed by atoms with Crippen LogP contribution in [-0.2, 0) is 4.79 Å². The number of hydrogen-bond donors (Lipinski definition) is 1. The van der Waals surface area contributed by atoms with E-state index in [9.17, 15) is 4.79 Å². The lowest BCUT2D eigenvalue weighted by atomic mass is 10.1. The molecule has 1 aliphatic heterocycles. The highest BCUT2D eigenvalue weighted by Gasteiger charge is 2.22. The zero-order valence-electron chi connectivity index (χ0n) is 16.9. The van der Waals surface area contributed by atoms with Crippen LogP contribution in [0.3, 0.4) is 0 Å². The highest BCUT2D eigenvalue weighted by Crippen LogP contribution is 2.31. The van der Waals surface area contributed by atoms with Crippen LogP contribution >= 0.6 is 0 Å². The molecule has 9 heteroatoms. The fourth-order valence-electron chi connectivity index (χ4n) is 4.03. The molecule has 5 rings (SSSR count). The third kappa shape index (κ3) is 3.22. The van der Waals surface area contributed by atoms with Crippen molar-refractivity contribution in [3.63, 3.8) is 0 Å². The number of imidazole rings is 1. The van der Waals surface area contributed by atoms with Gasteiger partial charge in [-0.15, -0.1) is 5.10 Å². The Morgan fingerprint density at radius 3 is 2.80 bits per heavy atom. The second kappa shape index (κ2) is 7.33. The zero-order chi connectivity index (χ0) is 20.7. The first-order valence-electron chi connectivity index (χ1n) is 10.0. The number of fused-ring (bicyclic) bond motifs is 2. The number of amides is 1. The average molecular weight is 405 g/mol. The van der Waals surface area contributed by atoms with Crippen molar-refractivity contribution in [3.05, 3.63) is 43.0 Å². The molecular weight excluding hydrogens is 382 g/mol. The van der Waals surface area contributed by atoms with Crippen LogP contribution in [0.1, 0.15) is 19.8 Å². The normalized spacial score (nSPS) is 15.1. The molecule has 30 heavy (non-hydrogen) atoms. The Balaban J connectivity index is 1.45. The number of nitrogens with zero attached hydrogens (tertiary/aromatic N) is 6. The van der Waals surface area contributed by atoms with Crippen LogP contribution < -0.4 is 10.1 Å². The quantitative estimate of drug-likeness (QED) is 0.561. The van der Waals surface area contributed by atoms with Crippen LogP contribution in [-0.4, -0.2) is 61.0 Å². The third-order valence-corrected chi connectivity index (χ3v) is 5.65. The van der Waals surface area contributed by atoms with Gasteiger partial charge in [0.2, 0.25) is 17.7 Å². The van der Waals surface area contributed by atoms with Crippen molar-refractivity contribution in [3.8, 4) is 17.0 Å². The molecule has 1 saturated heterocycles. The number of hydrogen-bond acceptors (Lipinski definition) is 6. The number of rotatable bonds is 4. The number of piperidine rings is 1. The van der Waals surface area contributed by atoms with Gasteiger partial charge in [-0.05, 0) is 31.0 Å². The van der Waals surface area contributed by atoms with Gasteiger partial charge in [-0.25, -0.2) is 9.50 Å². The molecular formula is C21H23N7O2. The number of aromatic nitrogens is 5. The molecule has 0 radical (unpaired) electrons. The molecule has 1 amide bonds. The summed E-state index contributed by atoms with van der Waals surface area (Å²) in [4.78, 5) is 22.3. The van der Waals surface area contributed by atoms with Gasteiger partial charge in [0.05, 0.1) is 7.11 Å². The number of nitrogens with one attached hydrogen (secondary N) is 1. The van der Waals surface area contributed by atoms with Crippen molar-refractivity contribution in [1.29, 1.82) is 0 Å². The lowest BCUT2D eigenvalue weighted by Crippen LogP contribution is -2.41. The van der Waals surface area contributed by atoms with Crippen LogP contribution in [0.25, 0.3) is 22.3 Å². The number of ether oxygens (including phenoxy) is 1. The summed E-state index contributed by atoms with van der Waals surface area (Å²) in [6, 6.07) is 6.25. The molecule has 0 spiro atoms. The number of likely N-dealkylation sites (tertiary alicyclic amines) is 1. The number of carbonyl (C=O) groups is 1. The lowest BCUT2D eigenvalue weighted by molar-refractivity contribution is -0.129. The maximum Gasteiger partial charge on any atom is 0.244 e. The largest absolute Gasteiger partial charge is 0.479 e. The van der Waals surface area contributed by atoms with Gasteiger partial charge in [0.1, 0.15) is 11.2 Å². The van der Waals surface area contributed by atoms with E-state index >= 15 is 0 Å². The van der Waals surface area contributed by atoms with Crippen LogP contribution in [0.4, 0.5) is 5.95 Å². The second-order valence-corrected chi connectivity index (χ2v) is 7.50. The molecule has 0 aromatic carbocycles. The third-order valence-electron chi connectivity index (χ3n) is 5.65. The molecule has 1 aliphatic rings. The van der Waals surface area contributed by atoms with Gasteiger partial charge in [0.25, 0.3) is 0 Å². The average Bonchev–Trinajstić information content (AvgIpc) is 3.39. The van der Waals surface area contributed by atoms with Crippen molar-refractivity contribution in [2.75, 3.05) is 25.5 Å². The lowest BCUT2D eigenvalue weighted by Gasteiger charge is -2.31. The fourth-order valence-corrected chi connectivity index (χ4v) is 4.03. The predicted molar refractivity (Wildman–Crippen MR) is 113 cm³/mol. The predicted octanol–water partition coefficient (Wildman–Crippen LogP) is 2.48. The first-order valence-corrected chi connectivity index (χ1v) is 10.0. The Hall–Kier alpha value is -3.62. The standard InChI is InChI=1S/C21H23N7O2/c1-14(29)26-9-5-16(6-10-26)23-21-24-20(30-2)19-17(7-11-28(19)25-21)15-3-4-18-22-8-12-27(18)13-15/h3-4,7-8,11-13,16H,5-6,9-10H2,1-2H3,(H,23,25). The minimum absolute atomic E-state index is 0.126. The van der Waals surface area contributed by atoms with Crippen molar-refractivity contribution >= 4 is 23.0 Å². The Labute approximate surface area is 173 Å². The van der Waals surface area contributed by atoms with Gasteiger partial charge in [-0.3, -0.25) is 4.79 Å². The first-order chi connectivity index (χ1) is 14.6. The monoisotopic (exact) mass is 405 g/mol. The minimum atomic E-state index is 0.126. The highest BCUT2D eigenvalue weighted by molar-refractivity contribution is 5.84. The van der Waals surface area contributed by atoms with E-state index in [1.165, 1.54) is 0 Å². The molecule has 4 aromatic heterocycles. The number of methoxy groups -OCH3 is 1. The summed E-state index contributed by atoms with van der Waals surface area (Å²) in [5, 5.41) is 8.05. The molecule has 9 nitrogen and oxygen atoms in total. The molecule has 0 unspecified atom stereocenters. The van der Waals surface area contributed by atoms with Gasteiger partial charge in [0, 0.05) is 62.0 Å². The molecule has 0 bridgehead atoms. The van der Waals surface area contributed by atoms with Gasteiger partial charge < -0.3 is 19.4 Å². The molecule has 0 atom stereocenters. The summed E-state index contributed by atoms with van der Waals surface area (Å²) in [6.07, 6.45) is 9.38. The Morgan fingerprint density at radius 2 is 2.03 bits per heavy atom. The van der Waals surface area contributed by atoms with E-state index in [2.05, 4.69) is 20.4 Å². The molecule has 4 aromatic rings. The SMILES string of the molecule is COc1nc(NC2CCN(C(C)=O)CC2)nn2ccc(-c3ccc4nccn4c3)c12. The topological polar surface area (TPSA) is 89.1 Å². The van der Waals surface area contributed by atoms with Gasteiger partial charge >= 0.3 is 0 Å². The molecule has 1 fully saturated rings. The minimum Gasteiger partial charge on any atom is -0.479 e. The van der Waals surface area contributed by atoms with Crippen LogP contribution in [0.5, 0.6) is 5.88 Å². The number of anilines is 1. The highest BCUT2D eigenvalue weighted by atomic mass is 16.5. The van der Waals surface area contributed by atoms with E-state index in [4.69, 9.17) is 4.74 Å². The van der Waals surface area contributed by atoms with E-state index < -0.39 is 0 Å². The van der Waals surface area contributed by atoms with Gasteiger partial charge in [0.15, 0.2) is 0 Å². The van der Waals surface area contributed by atoms with Crippen LogP contribution in [0, 0.1) is 0 Å². The van der Waals surface area contributed by atoms with Crippen LogP contribution in [0.15, 0.2) is 43.0 Å². The Bertz CT molecular complexity index is 1220. The smallest absolute Gasteiger partial charge is 0.244 e.